The van der Waals surface area contributed by atoms with Crippen molar-refractivity contribution in [1.82, 2.24) is 9.88 Å². The molecule has 0 bridgehead atoms. The maximum Gasteiger partial charge on any atom is 0.324 e. The van der Waals surface area contributed by atoms with E-state index in [0.29, 0.717) is 11.2 Å². The number of rotatable bonds is 8. The first-order chi connectivity index (χ1) is 14.4. The van der Waals surface area contributed by atoms with Gasteiger partial charge in [0.25, 0.3) is 0 Å². The first-order valence-corrected chi connectivity index (χ1v) is 12.8. The first kappa shape index (κ1) is 23.3. The van der Waals surface area contributed by atoms with Crippen LogP contribution in [0.25, 0.3) is 0 Å². The van der Waals surface area contributed by atoms with Gasteiger partial charge in [0, 0.05) is 12.1 Å². The Morgan fingerprint density at radius 2 is 1.87 bits per heavy atom. The minimum absolute atomic E-state index is 0.00846. The fraction of sp³-hybridized carbons (Fsp3) is 0.762. The highest BCUT2D eigenvalue weighted by Crippen LogP contribution is 2.33. The second-order valence-electron chi connectivity index (χ2n) is 8.41. The molecule has 0 aliphatic heterocycles. The summed E-state index contributed by atoms with van der Waals surface area (Å²) in [5, 5.41) is 12.4. The van der Waals surface area contributed by atoms with Crippen molar-refractivity contribution in [1.29, 1.82) is 0 Å². The van der Waals surface area contributed by atoms with Crippen molar-refractivity contribution in [2.75, 3.05) is 11.1 Å². The van der Waals surface area contributed by atoms with Crippen molar-refractivity contribution in [3.05, 3.63) is 6.20 Å². The zero-order valence-electron chi connectivity index (χ0n) is 17.8. The number of nitrogens with zero attached hydrogens (tertiary/aromatic N) is 2. The number of carbonyl (C=O) groups excluding carboxylic acids is 1. The van der Waals surface area contributed by atoms with Crippen LogP contribution in [0, 0.1) is 0 Å². The largest absolute Gasteiger partial charge is 0.481 e. The van der Waals surface area contributed by atoms with Gasteiger partial charge in [-0.1, -0.05) is 30.6 Å². The Balaban J connectivity index is 1.63. The van der Waals surface area contributed by atoms with Crippen molar-refractivity contribution in [3.63, 3.8) is 0 Å². The summed E-state index contributed by atoms with van der Waals surface area (Å²) in [7, 11) is 0. The van der Waals surface area contributed by atoms with Crippen molar-refractivity contribution in [2.45, 2.75) is 100 Å². The molecule has 0 saturated heterocycles. The standard InChI is InChI=1S/C21H33N3O4S2/c1-14(2)28-17-10-8-16(9-11-17)24(15-6-4-3-5-7-15)21(27)23-20-22-12-19(30-20)29-13-18(25)26/h12,14-17H,3-11,13H2,1-2H3,(H,25,26)(H,22,23,27). The Labute approximate surface area is 187 Å². The van der Waals surface area contributed by atoms with Crippen LogP contribution in [0.2, 0.25) is 0 Å². The molecule has 0 spiro atoms. The molecular weight excluding hydrogens is 422 g/mol. The van der Waals surface area contributed by atoms with E-state index >= 15 is 0 Å². The van der Waals surface area contributed by atoms with Gasteiger partial charge in [0.2, 0.25) is 0 Å². The number of carboxylic acids is 1. The number of urea groups is 1. The van der Waals surface area contributed by atoms with Crippen molar-refractivity contribution < 1.29 is 19.4 Å². The van der Waals surface area contributed by atoms with Gasteiger partial charge in [-0.3, -0.25) is 10.1 Å². The van der Waals surface area contributed by atoms with E-state index in [4.69, 9.17) is 9.84 Å². The third-order valence-corrected chi connectivity index (χ3v) is 7.83. The molecule has 1 aromatic rings. The summed E-state index contributed by atoms with van der Waals surface area (Å²) in [5.74, 6) is -0.870. The number of thiazole rings is 1. The van der Waals surface area contributed by atoms with Gasteiger partial charge in [-0.2, -0.15) is 0 Å². The van der Waals surface area contributed by atoms with Gasteiger partial charge < -0.3 is 14.7 Å². The number of nitrogens with one attached hydrogen (secondary N) is 1. The third kappa shape index (κ3) is 6.85. The molecular formula is C21H33N3O4S2. The average molecular weight is 456 g/mol. The average Bonchev–Trinajstić information content (AvgIpc) is 3.15. The molecule has 2 amide bonds. The molecule has 3 rings (SSSR count). The molecule has 2 aliphatic carbocycles. The topological polar surface area (TPSA) is 91.8 Å². The lowest BCUT2D eigenvalue weighted by Gasteiger charge is -2.42. The van der Waals surface area contributed by atoms with Crippen LogP contribution in [0.3, 0.4) is 0 Å². The lowest BCUT2D eigenvalue weighted by atomic mass is 9.87. The number of hydrogen-bond donors (Lipinski definition) is 2. The summed E-state index contributed by atoms with van der Waals surface area (Å²) in [4.78, 5) is 30.4. The number of aromatic nitrogens is 1. The molecule has 2 saturated carbocycles. The lowest BCUT2D eigenvalue weighted by molar-refractivity contribution is -0.133. The molecule has 30 heavy (non-hydrogen) atoms. The van der Waals surface area contributed by atoms with E-state index in [1.54, 1.807) is 6.20 Å². The van der Waals surface area contributed by atoms with Gasteiger partial charge >= 0.3 is 12.0 Å². The fourth-order valence-corrected chi connectivity index (χ4v) is 6.09. The number of amides is 2. The first-order valence-electron chi connectivity index (χ1n) is 11.0. The summed E-state index contributed by atoms with van der Waals surface area (Å²) < 4.78 is 6.79. The predicted molar refractivity (Wildman–Crippen MR) is 120 cm³/mol. The maximum atomic E-state index is 13.3. The zero-order chi connectivity index (χ0) is 21.5. The minimum Gasteiger partial charge on any atom is -0.481 e. The van der Waals surface area contributed by atoms with E-state index in [9.17, 15) is 9.59 Å². The predicted octanol–water partition coefficient (Wildman–Crippen LogP) is 5.22. The van der Waals surface area contributed by atoms with Crippen LogP contribution >= 0.6 is 23.1 Å². The monoisotopic (exact) mass is 455 g/mol. The normalized spacial score (nSPS) is 22.8. The Hall–Kier alpha value is -1.32. The molecule has 9 heteroatoms. The summed E-state index contributed by atoms with van der Waals surface area (Å²) >= 11 is 2.55. The molecule has 2 N–H and O–H groups in total. The van der Waals surface area contributed by atoms with E-state index in [0.717, 1.165) is 42.7 Å². The Bertz CT molecular complexity index is 698. The molecule has 2 aliphatic rings. The summed E-state index contributed by atoms with van der Waals surface area (Å²) in [6, 6.07) is 0.451. The van der Waals surface area contributed by atoms with Gasteiger partial charge in [-0.15, -0.1) is 11.8 Å². The Kier molecular flexibility index (Phi) is 8.83. The second-order valence-corrected chi connectivity index (χ2v) is 10.7. The van der Waals surface area contributed by atoms with Gasteiger partial charge in [0.1, 0.15) is 0 Å². The summed E-state index contributed by atoms with van der Waals surface area (Å²) in [6.07, 6.45) is 11.8. The van der Waals surface area contributed by atoms with Crippen molar-refractivity contribution >= 4 is 40.2 Å². The molecule has 2 fully saturated rings. The molecule has 0 radical (unpaired) electrons. The van der Waals surface area contributed by atoms with Crippen LogP contribution in [0.1, 0.15) is 71.6 Å². The van der Waals surface area contributed by atoms with Gasteiger partial charge in [0.05, 0.1) is 28.4 Å². The molecule has 0 unspecified atom stereocenters. The highest BCUT2D eigenvalue weighted by Gasteiger charge is 2.35. The highest BCUT2D eigenvalue weighted by molar-refractivity contribution is 8.01. The van der Waals surface area contributed by atoms with Gasteiger partial charge in [-0.05, 0) is 52.4 Å². The van der Waals surface area contributed by atoms with Gasteiger partial charge in [0.15, 0.2) is 5.13 Å². The van der Waals surface area contributed by atoms with Crippen LogP contribution < -0.4 is 5.32 Å². The molecule has 1 heterocycles. The van der Waals surface area contributed by atoms with Crippen LogP contribution in [0.4, 0.5) is 9.93 Å². The van der Waals surface area contributed by atoms with E-state index in [2.05, 4.69) is 29.0 Å². The molecule has 0 aromatic carbocycles. The van der Waals surface area contributed by atoms with Crippen LogP contribution in [-0.4, -0.2) is 57.0 Å². The molecule has 0 atom stereocenters. The van der Waals surface area contributed by atoms with Crippen LogP contribution in [0.5, 0.6) is 0 Å². The fourth-order valence-electron chi connectivity index (χ4n) is 4.51. The van der Waals surface area contributed by atoms with Crippen molar-refractivity contribution in [3.8, 4) is 0 Å². The maximum absolute atomic E-state index is 13.3. The quantitative estimate of drug-likeness (QED) is 0.522. The number of aliphatic carboxylic acids is 1. The summed E-state index contributed by atoms with van der Waals surface area (Å²) in [6.45, 7) is 4.15. The number of hydrogen-bond acceptors (Lipinski definition) is 6. The third-order valence-electron chi connectivity index (χ3n) is 5.74. The number of anilines is 1. The Morgan fingerprint density at radius 3 is 2.50 bits per heavy atom. The minimum atomic E-state index is -0.862. The smallest absolute Gasteiger partial charge is 0.324 e. The number of thioether (sulfide) groups is 1. The zero-order valence-corrected chi connectivity index (χ0v) is 19.5. The summed E-state index contributed by atoms with van der Waals surface area (Å²) in [5.41, 5.74) is 0. The van der Waals surface area contributed by atoms with Crippen LogP contribution in [-0.2, 0) is 9.53 Å². The SMILES string of the molecule is CC(C)OC1CCC(N(C(=O)Nc2ncc(SCC(=O)O)s2)C2CCCCC2)CC1. The number of ether oxygens (including phenoxy) is 1. The van der Waals surface area contributed by atoms with E-state index < -0.39 is 5.97 Å². The Morgan fingerprint density at radius 1 is 1.20 bits per heavy atom. The number of carboxylic acid groups (broad SMARTS) is 1. The molecule has 168 valence electrons. The van der Waals surface area contributed by atoms with E-state index in [1.807, 2.05) is 0 Å². The van der Waals surface area contributed by atoms with Crippen molar-refractivity contribution in [2.24, 2.45) is 0 Å². The second kappa shape index (κ2) is 11.3. The molecule has 1 aromatic heterocycles. The lowest BCUT2D eigenvalue weighted by Crippen LogP contribution is -2.51. The van der Waals surface area contributed by atoms with E-state index in [-0.39, 0.29) is 30.0 Å². The number of carbonyl (C=O) groups is 2. The molecule has 7 nitrogen and oxygen atoms in total. The van der Waals surface area contributed by atoms with Crippen LogP contribution in [0.15, 0.2) is 10.4 Å². The van der Waals surface area contributed by atoms with E-state index in [1.165, 1.54) is 42.4 Å². The highest BCUT2D eigenvalue weighted by atomic mass is 32.2. The van der Waals surface area contributed by atoms with Gasteiger partial charge in [-0.25, -0.2) is 9.78 Å².